The summed E-state index contributed by atoms with van der Waals surface area (Å²) in [5, 5.41) is 1.39. The zero-order valence-corrected chi connectivity index (χ0v) is 14.6. The van der Waals surface area contributed by atoms with Gasteiger partial charge >= 0.3 is 0 Å². The molecule has 0 unspecified atom stereocenters. The average Bonchev–Trinajstić information content (AvgIpc) is 2.88. The molecule has 0 amide bonds. The quantitative estimate of drug-likeness (QED) is 0.700. The number of aryl methyl sites for hydroxylation is 1. The molecule has 2 aromatic heterocycles. The first-order chi connectivity index (χ1) is 11.6. The van der Waals surface area contributed by atoms with Crippen LogP contribution in [0.4, 0.5) is 0 Å². The Morgan fingerprint density at radius 3 is 2.88 bits per heavy atom. The number of nitrogens with zero attached hydrogens (tertiary/aromatic N) is 3. The maximum Gasteiger partial charge on any atom is 0.0673 e. The molecule has 0 bridgehead atoms. The van der Waals surface area contributed by atoms with Gasteiger partial charge in [0.25, 0.3) is 0 Å². The molecular formula is C21H23N3. The van der Waals surface area contributed by atoms with E-state index in [4.69, 9.17) is 0 Å². The molecule has 0 radical (unpaired) electrons. The van der Waals surface area contributed by atoms with E-state index >= 15 is 0 Å². The molecule has 1 aromatic carbocycles. The third-order valence-electron chi connectivity index (χ3n) is 4.93. The Balaban J connectivity index is 1.92. The van der Waals surface area contributed by atoms with Gasteiger partial charge in [0.2, 0.25) is 0 Å². The van der Waals surface area contributed by atoms with Crippen LogP contribution in [0.5, 0.6) is 0 Å². The highest BCUT2D eigenvalue weighted by molar-refractivity contribution is 5.90. The van der Waals surface area contributed by atoms with Gasteiger partial charge in [0, 0.05) is 43.0 Å². The molecule has 1 aliphatic heterocycles. The summed E-state index contributed by atoms with van der Waals surface area (Å²) >= 11 is 0. The number of aromatic nitrogens is 2. The number of rotatable bonds is 2. The SMILES string of the molecule is CC(=Cn1c2c(c3cc(C)ccc31)CN(C)CC2)c1ccccn1. The molecule has 3 nitrogen and oxygen atoms in total. The standard InChI is InChI=1S/C21H23N3/c1-15-7-8-20-17(12-15)18-14-23(3)11-9-21(18)24(20)13-16(2)19-6-4-5-10-22-19/h4-8,10,12-13H,9,11,14H2,1-3H3. The van der Waals surface area contributed by atoms with Gasteiger partial charge in [-0.15, -0.1) is 0 Å². The molecule has 3 heterocycles. The van der Waals surface area contributed by atoms with E-state index in [1.165, 1.54) is 33.3 Å². The van der Waals surface area contributed by atoms with E-state index in [0.717, 1.165) is 25.2 Å². The fourth-order valence-corrected chi connectivity index (χ4v) is 3.64. The van der Waals surface area contributed by atoms with Crippen LogP contribution in [0.15, 0.2) is 42.6 Å². The van der Waals surface area contributed by atoms with Crippen LogP contribution in [-0.2, 0) is 13.0 Å². The smallest absolute Gasteiger partial charge is 0.0673 e. The third-order valence-corrected chi connectivity index (χ3v) is 4.93. The molecule has 0 saturated carbocycles. The Hall–Kier alpha value is -2.39. The fraction of sp³-hybridized carbons (Fsp3) is 0.286. The molecule has 3 heteroatoms. The van der Waals surface area contributed by atoms with Crippen molar-refractivity contribution in [1.29, 1.82) is 0 Å². The fourth-order valence-electron chi connectivity index (χ4n) is 3.64. The Morgan fingerprint density at radius 1 is 1.21 bits per heavy atom. The molecule has 24 heavy (non-hydrogen) atoms. The second-order valence-electron chi connectivity index (χ2n) is 6.83. The predicted molar refractivity (Wildman–Crippen MR) is 101 cm³/mol. The summed E-state index contributed by atoms with van der Waals surface area (Å²) in [7, 11) is 2.21. The monoisotopic (exact) mass is 317 g/mol. The Kier molecular flexibility index (Phi) is 3.73. The summed E-state index contributed by atoms with van der Waals surface area (Å²) in [6, 6.07) is 12.9. The minimum atomic E-state index is 1.03. The van der Waals surface area contributed by atoms with Crippen molar-refractivity contribution in [2.75, 3.05) is 13.6 Å². The van der Waals surface area contributed by atoms with Gasteiger partial charge in [-0.05, 0) is 56.3 Å². The molecule has 0 spiro atoms. The van der Waals surface area contributed by atoms with Crippen molar-refractivity contribution in [1.82, 2.24) is 14.5 Å². The topological polar surface area (TPSA) is 21.1 Å². The number of pyridine rings is 1. The lowest BCUT2D eigenvalue weighted by Gasteiger charge is -2.23. The number of benzene rings is 1. The predicted octanol–water partition coefficient (Wildman–Crippen LogP) is 4.35. The first-order valence-corrected chi connectivity index (χ1v) is 8.54. The zero-order chi connectivity index (χ0) is 16.7. The highest BCUT2D eigenvalue weighted by Gasteiger charge is 2.21. The molecule has 0 saturated heterocycles. The van der Waals surface area contributed by atoms with Crippen molar-refractivity contribution in [2.24, 2.45) is 0 Å². The third kappa shape index (κ3) is 2.55. The lowest BCUT2D eigenvalue weighted by atomic mass is 10.0. The number of likely N-dealkylation sites (N-methyl/N-ethyl adjacent to an activating group) is 1. The average molecular weight is 317 g/mol. The van der Waals surface area contributed by atoms with Crippen molar-refractivity contribution in [3.63, 3.8) is 0 Å². The Labute approximate surface area is 143 Å². The van der Waals surface area contributed by atoms with Gasteiger partial charge in [-0.25, -0.2) is 0 Å². The maximum atomic E-state index is 4.49. The highest BCUT2D eigenvalue weighted by Crippen LogP contribution is 2.32. The van der Waals surface area contributed by atoms with Crippen LogP contribution in [-0.4, -0.2) is 28.0 Å². The van der Waals surface area contributed by atoms with E-state index in [9.17, 15) is 0 Å². The Bertz CT molecular complexity index is 919. The van der Waals surface area contributed by atoms with Gasteiger partial charge in [0.15, 0.2) is 0 Å². The highest BCUT2D eigenvalue weighted by atomic mass is 15.1. The van der Waals surface area contributed by atoms with E-state index in [-0.39, 0.29) is 0 Å². The Morgan fingerprint density at radius 2 is 2.08 bits per heavy atom. The summed E-state index contributed by atoms with van der Waals surface area (Å²) in [4.78, 5) is 6.89. The largest absolute Gasteiger partial charge is 0.320 e. The minimum absolute atomic E-state index is 1.03. The van der Waals surface area contributed by atoms with E-state index in [0.29, 0.717) is 0 Å². The second-order valence-corrected chi connectivity index (χ2v) is 6.83. The molecular weight excluding hydrogens is 294 g/mol. The molecule has 0 aliphatic carbocycles. The van der Waals surface area contributed by atoms with Gasteiger partial charge in [-0.1, -0.05) is 17.7 Å². The summed E-state index contributed by atoms with van der Waals surface area (Å²) in [6.07, 6.45) is 5.20. The van der Waals surface area contributed by atoms with Gasteiger partial charge in [-0.2, -0.15) is 0 Å². The summed E-state index contributed by atoms with van der Waals surface area (Å²) in [5.74, 6) is 0. The van der Waals surface area contributed by atoms with Gasteiger partial charge in [-0.3, -0.25) is 4.98 Å². The summed E-state index contributed by atoms with van der Waals surface area (Å²) < 4.78 is 2.39. The van der Waals surface area contributed by atoms with Crippen molar-refractivity contribution < 1.29 is 0 Å². The molecule has 4 rings (SSSR count). The molecule has 1 aliphatic rings. The van der Waals surface area contributed by atoms with E-state index in [1.807, 2.05) is 18.3 Å². The van der Waals surface area contributed by atoms with E-state index in [2.05, 4.69) is 65.8 Å². The zero-order valence-electron chi connectivity index (χ0n) is 14.6. The number of fused-ring (bicyclic) bond motifs is 3. The van der Waals surface area contributed by atoms with Crippen LogP contribution in [0.3, 0.4) is 0 Å². The summed E-state index contributed by atoms with van der Waals surface area (Å²) in [5.41, 5.74) is 7.77. The van der Waals surface area contributed by atoms with Crippen molar-refractivity contribution in [3.05, 3.63) is 65.1 Å². The minimum Gasteiger partial charge on any atom is -0.320 e. The van der Waals surface area contributed by atoms with Crippen LogP contribution < -0.4 is 0 Å². The second kappa shape index (κ2) is 5.91. The lowest BCUT2D eigenvalue weighted by molar-refractivity contribution is 0.312. The van der Waals surface area contributed by atoms with Crippen LogP contribution in [0.1, 0.15) is 29.4 Å². The van der Waals surface area contributed by atoms with Crippen LogP contribution in [0.25, 0.3) is 22.7 Å². The first kappa shape index (κ1) is 15.2. The van der Waals surface area contributed by atoms with Crippen LogP contribution in [0, 0.1) is 6.92 Å². The molecule has 122 valence electrons. The van der Waals surface area contributed by atoms with Gasteiger partial charge in [0.1, 0.15) is 0 Å². The number of hydrogen-bond acceptors (Lipinski definition) is 2. The number of allylic oxidation sites excluding steroid dienone is 1. The first-order valence-electron chi connectivity index (χ1n) is 8.54. The van der Waals surface area contributed by atoms with Crippen molar-refractivity contribution in [2.45, 2.75) is 26.8 Å². The maximum absolute atomic E-state index is 4.49. The molecule has 3 aromatic rings. The van der Waals surface area contributed by atoms with Crippen LogP contribution >= 0.6 is 0 Å². The van der Waals surface area contributed by atoms with E-state index in [1.54, 1.807) is 0 Å². The van der Waals surface area contributed by atoms with Crippen molar-refractivity contribution >= 4 is 22.7 Å². The van der Waals surface area contributed by atoms with Gasteiger partial charge in [0.05, 0.1) is 11.2 Å². The van der Waals surface area contributed by atoms with Crippen LogP contribution in [0.2, 0.25) is 0 Å². The van der Waals surface area contributed by atoms with Gasteiger partial charge < -0.3 is 9.47 Å². The molecule has 0 fully saturated rings. The lowest BCUT2D eigenvalue weighted by Crippen LogP contribution is -2.26. The normalized spacial score (nSPS) is 15.7. The van der Waals surface area contributed by atoms with Crippen molar-refractivity contribution in [3.8, 4) is 0 Å². The summed E-state index contributed by atoms with van der Waals surface area (Å²) in [6.45, 7) is 6.45. The molecule has 0 atom stereocenters. The molecule has 0 N–H and O–H groups in total. The number of hydrogen-bond donors (Lipinski definition) is 0. The van der Waals surface area contributed by atoms with E-state index < -0.39 is 0 Å².